The van der Waals surface area contributed by atoms with Crippen LogP contribution in [0.15, 0.2) is 61.3 Å². The van der Waals surface area contributed by atoms with Crippen molar-refractivity contribution < 1.29 is 4.74 Å². The van der Waals surface area contributed by atoms with Crippen molar-refractivity contribution >= 4 is 23.3 Å². The molecule has 1 saturated heterocycles. The summed E-state index contributed by atoms with van der Waals surface area (Å²) in [6.07, 6.45) is 7.15. The maximum absolute atomic E-state index is 5.45. The number of nitrogens with one attached hydrogen (secondary N) is 1. The highest BCUT2D eigenvalue weighted by atomic mass is 16.5. The Hall–Kier alpha value is -4.05. The quantitative estimate of drug-likeness (QED) is 0.482. The lowest BCUT2D eigenvalue weighted by atomic mass is 10.2. The molecule has 10 nitrogen and oxygen atoms in total. The van der Waals surface area contributed by atoms with Crippen molar-refractivity contribution in [2.75, 3.05) is 55.5 Å². The first kappa shape index (κ1) is 20.8. The van der Waals surface area contributed by atoms with Crippen molar-refractivity contribution in [1.29, 1.82) is 0 Å². The molecule has 1 aliphatic heterocycles. The van der Waals surface area contributed by atoms with E-state index in [0.29, 0.717) is 11.9 Å². The van der Waals surface area contributed by atoms with Gasteiger partial charge in [0.1, 0.15) is 6.33 Å². The van der Waals surface area contributed by atoms with Crippen LogP contribution in [0.2, 0.25) is 0 Å². The summed E-state index contributed by atoms with van der Waals surface area (Å²) in [4.78, 5) is 21.9. The molecule has 0 atom stereocenters. The van der Waals surface area contributed by atoms with E-state index >= 15 is 0 Å². The van der Waals surface area contributed by atoms with E-state index in [9.17, 15) is 0 Å². The third kappa shape index (κ3) is 4.75. The van der Waals surface area contributed by atoms with E-state index in [-0.39, 0.29) is 0 Å². The van der Waals surface area contributed by atoms with Crippen molar-refractivity contribution in [2.24, 2.45) is 0 Å². The highest BCUT2D eigenvalue weighted by Crippen LogP contribution is 2.24. The normalized spacial score (nSPS) is 13.7. The Bertz CT molecular complexity index is 1220. The second-order valence-electron chi connectivity index (χ2n) is 7.85. The molecule has 0 amide bonds. The number of pyridine rings is 1. The molecule has 0 spiro atoms. The highest BCUT2D eigenvalue weighted by molar-refractivity contribution is 5.66. The zero-order valence-corrected chi connectivity index (χ0v) is 18.6. The highest BCUT2D eigenvalue weighted by Gasteiger charge is 2.13. The van der Waals surface area contributed by atoms with Crippen LogP contribution in [0, 0.1) is 0 Å². The van der Waals surface area contributed by atoms with Gasteiger partial charge in [-0.1, -0.05) is 0 Å². The first-order valence-corrected chi connectivity index (χ1v) is 10.7. The minimum absolute atomic E-state index is 0.521. The van der Waals surface area contributed by atoms with Gasteiger partial charge in [-0.05, 0) is 36.4 Å². The lowest BCUT2D eigenvalue weighted by Gasteiger charge is -2.28. The molecule has 1 fully saturated rings. The van der Waals surface area contributed by atoms with Gasteiger partial charge < -0.3 is 19.9 Å². The summed E-state index contributed by atoms with van der Waals surface area (Å²) in [5, 5.41) is 7.72. The summed E-state index contributed by atoms with van der Waals surface area (Å²) in [7, 11) is 3.82. The Morgan fingerprint density at radius 3 is 2.55 bits per heavy atom. The number of ether oxygens (including phenoxy) is 1. The third-order valence-corrected chi connectivity index (χ3v) is 5.32. The molecule has 168 valence electrons. The number of rotatable bonds is 6. The molecular formula is C23H25N9O. The first-order chi connectivity index (χ1) is 16.2. The molecule has 0 aliphatic carbocycles. The van der Waals surface area contributed by atoms with Gasteiger partial charge in [-0.15, -0.1) is 5.10 Å². The smallest absolute Gasteiger partial charge is 0.244 e. The van der Waals surface area contributed by atoms with Gasteiger partial charge in [-0.25, -0.2) is 14.6 Å². The van der Waals surface area contributed by atoms with Gasteiger partial charge >= 0.3 is 0 Å². The number of hydrogen-bond donors (Lipinski definition) is 1. The number of benzene rings is 1. The molecule has 1 N–H and O–H groups in total. The molecule has 5 rings (SSSR count). The zero-order valence-electron chi connectivity index (χ0n) is 18.6. The van der Waals surface area contributed by atoms with Crippen molar-refractivity contribution in [3.63, 3.8) is 0 Å². The minimum Gasteiger partial charge on any atom is -0.378 e. The summed E-state index contributed by atoms with van der Waals surface area (Å²) in [6, 6.07) is 11.9. The van der Waals surface area contributed by atoms with Gasteiger partial charge in [0.15, 0.2) is 0 Å². The topological polar surface area (TPSA) is 97.1 Å². The van der Waals surface area contributed by atoms with Crippen LogP contribution in [-0.4, -0.2) is 70.1 Å². The SMILES string of the molecule is CN(C)c1ncn(-c2ccc(Nc3nccc(-c4cncc(N5CCOCC5)c4)n3)cc2)n1. The molecule has 10 heteroatoms. The van der Waals surface area contributed by atoms with E-state index in [4.69, 9.17) is 4.74 Å². The predicted molar refractivity (Wildman–Crippen MR) is 127 cm³/mol. The van der Waals surface area contributed by atoms with E-state index in [1.165, 1.54) is 0 Å². The summed E-state index contributed by atoms with van der Waals surface area (Å²) in [6.45, 7) is 3.20. The van der Waals surface area contributed by atoms with Gasteiger partial charge in [-0.3, -0.25) is 4.98 Å². The molecule has 1 aliphatic rings. The minimum atomic E-state index is 0.521. The second kappa shape index (κ2) is 9.21. The molecule has 1 aromatic carbocycles. The van der Waals surface area contributed by atoms with Crippen molar-refractivity contribution in [2.45, 2.75) is 0 Å². The molecule has 0 saturated carbocycles. The molecule has 4 heterocycles. The van der Waals surface area contributed by atoms with Crippen molar-refractivity contribution in [1.82, 2.24) is 29.7 Å². The largest absolute Gasteiger partial charge is 0.378 e. The Labute approximate surface area is 191 Å². The van der Waals surface area contributed by atoms with Crippen molar-refractivity contribution in [3.8, 4) is 16.9 Å². The first-order valence-electron chi connectivity index (χ1n) is 10.7. The number of anilines is 4. The van der Waals surface area contributed by atoms with Crippen LogP contribution in [0.3, 0.4) is 0 Å². The summed E-state index contributed by atoms with van der Waals surface area (Å²) in [5.41, 5.74) is 4.63. The molecule has 33 heavy (non-hydrogen) atoms. The van der Waals surface area contributed by atoms with Gasteiger partial charge in [-0.2, -0.15) is 4.98 Å². The fourth-order valence-electron chi connectivity index (χ4n) is 3.55. The molecule has 3 aromatic heterocycles. The predicted octanol–water partition coefficient (Wildman–Crippen LogP) is 2.77. The summed E-state index contributed by atoms with van der Waals surface area (Å²) < 4.78 is 7.19. The maximum Gasteiger partial charge on any atom is 0.244 e. The molecule has 0 bridgehead atoms. The lowest BCUT2D eigenvalue weighted by molar-refractivity contribution is 0.122. The van der Waals surface area contributed by atoms with Crippen LogP contribution in [0.5, 0.6) is 0 Å². The Balaban J connectivity index is 1.31. The van der Waals surface area contributed by atoms with E-state index in [0.717, 1.165) is 54.6 Å². The standard InChI is InChI=1S/C23H25N9O/c1-30(2)23-26-16-32(29-23)19-5-3-18(4-6-19)27-22-25-8-7-21(28-22)17-13-20(15-24-14-17)31-9-11-33-12-10-31/h3-8,13-16H,9-12H2,1-2H3,(H,25,27,28). The molecular weight excluding hydrogens is 418 g/mol. The van der Waals surface area contributed by atoms with Crippen LogP contribution in [0.4, 0.5) is 23.3 Å². The number of morpholine rings is 1. The van der Waals surface area contributed by atoms with E-state index in [1.807, 2.05) is 61.7 Å². The second-order valence-corrected chi connectivity index (χ2v) is 7.85. The maximum atomic E-state index is 5.45. The van der Waals surface area contributed by atoms with E-state index < -0.39 is 0 Å². The van der Waals surface area contributed by atoms with Gasteiger partial charge in [0, 0.05) is 50.8 Å². The molecule has 0 radical (unpaired) electrons. The zero-order chi connectivity index (χ0) is 22.6. The number of aromatic nitrogens is 6. The van der Waals surface area contributed by atoms with Gasteiger partial charge in [0.25, 0.3) is 0 Å². The number of nitrogens with zero attached hydrogens (tertiary/aromatic N) is 8. The summed E-state index contributed by atoms with van der Waals surface area (Å²) >= 11 is 0. The van der Waals surface area contributed by atoms with Crippen LogP contribution < -0.4 is 15.1 Å². The van der Waals surface area contributed by atoms with Crippen LogP contribution in [0.1, 0.15) is 0 Å². The number of hydrogen-bond acceptors (Lipinski definition) is 9. The van der Waals surface area contributed by atoms with E-state index in [2.05, 4.69) is 41.3 Å². The Morgan fingerprint density at radius 2 is 1.79 bits per heavy atom. The fourth-order valence-corrected chi connectivity index (χ4v) is 3.55. The van der Waals surface area contributed by atoms with Gasteiger partial charge in [0.05, 0.1) is 36.5 Å². The van der Waals surface area contributed by atoms with Crippen LogP contribution >= 0.6 is 0 Å². The van der Waals surface area contributed by atoms with Crippen LogP contribution in [-0.2, 0) is 4.74 Å². The lowest BCUT2D eigenvalue weighted by Crippen LogP contribution is -2.36. The average Bonchev–Trinajstić information content (AvgIpc) is 3.36. The monoisotopic (exact) mass is 443 g/mol. The average molecular weight is 444 g/mol. The van der Waals surface area contributed by atoms with Crippen molar-refractivity contribution in [3.05, 3.63) is 61.3 Å². The summed E-state index contributed by atoms with van der Waals surface area (Å²) in [5.74, 6) is 1.18. The Morgan fingerprint density at radius 1 is 0.970 bits per heavy atom. The van der Waals surface area contributed by atoms with Gasteiger partial charge in [0.2, 0.25) is 11.9 Å². The molecule has 4 aromatic rings. The molecule has 0 unspecified atom stereocenters. The fraction of sp³-hybridized carbons (Fsp3) is 0.261. The third-order valence-electron chi connectivity index (χ3n) is 5.32. The van der Waals surface area contributed by atoms with E-state index in [1.54, 1.807) is 17.2 Å². The van der Waals surface area contributed by atoms with Crippen LogP contribution in [0.25, 0.3) is 16.9 Å². The Kier molecular flexibility index (Phi) is 5.81.